The van der Waals surface area contributed by atoms with Gasteiger partial charge in [0.2, 0.25) is 5.78 Å². The summed E-state index contributed by atoms with van der Waals surface area (Å²) in [6.07, 6.45) is -0.197. The van der Waals surface area contributed by atoms with Gasteiger partial charge in [-0.25, -0.2) is 4.79 Å². The highest BCUT2D eigenvalue weighted by atomic mass is 16.5. The Morgan fingerprint density at radius 1 is 1.19 bits per heavy atom. The molecule has 1 aliphatic heterocycles. The zero-order chi connectivity index (χ0) is 22.8. The number of esters is 1. The number of Topliss-reactive ketones (excluding diaryl/α,β-unsaturated/α-hetero) is 1. The highest BCUT2D eigenvalue weighted by Gasteiger charge is 2.36. The molecule has 0 saturated heterocycles. The number of hydrogen-bond acceptors (Lipinski definition) is 7. The fourth-order valence-corrected chi connectivity index (χ4v) is 3.99. The molecule has 4 rings (SSSR count). The first kappa shape index (κ1) is 21.6. The van der Waals surface area contributed by atoms with E-state index in [1.54, 1.807) is 18.2 Å². The number of ketones is 1. The van der Waals surface area contributed by atoms with Crippen LogP contribution in [0.3, 0.4) is 0 Å². The lowest BCUT2D eigenvalue weighted by molar-refractivity contribution is -0.152. The zero-order valence-corrected chi connectivity index (χ0v) is 17.9. The van der Waals surface area contributed by atoms with E-state index in [2.05, 4.69) is 4.74 Å². The number of hydrogen-bond donors (Lipinski definition) is 1. The summed E-state index contributed by atoms with van der Waals surface area (Å²) in [4.78, 5) is 38.0. The van der Waals surface area contributed by atoms with Crippen molar-refractivity contribution in [1.82, 2.24) is 4.90 Å². The number of furan rings is 1. The Morgan fingerprint density at radius 2 is 1.97 bits per heavy atom. The third kappa shape index (κ3) is 3.85. The predicted molar refractivity (Wildman–Crippen MR) is 116 cm³/mol. The SMILES string of the molecule is COC(=O)C(=O)CC(CN)N1Cc2c(OCc3oc4ccccc4c3C)cccc2C1=O. The summed E-state index contributed by atoms with van der Waals surface area (Å²) in [7, 11) is 1.14. The highest BCUT2D eigenvalue weighted by Crippen LogP contribution is 2.34. The summed E-state index contributed by atoms with van der Waals surface area (Å²) in [5.41, 5.74) is 8.84. The molecule has 0 aliphatic carbocycles. The molecule has 1 atom stereocenters. The number of aryl methyl sites for hydroxylation is 1. The molecule has 1 aliphatic rings. The molecular formula is C24H24N2O6. The molecule has 0 saturated carbocycles. The number of carbonyl (C=O) groups is 3. The Labute approximate surface area is 184 Å². The van der Waals surface area contributed by atoms with E-state index < -0.39 is 17.8 Å². The number of benzene rings is 2. The van der Waals surface area contributed by atoms with Gasteiger partial charge in [0, 0.05) is 35.0 Å². The van der Waals surface area contributed by atoms with Crippen LogP contribution in [0.1, 0.15) is 33.7 Å². The fraction of sp³-hybridized carbons (Fsp3) is 0.292. The van der Waals surface area contributed by atoms with Crippen molar-refractivity contribution in [2.45, 2.75) is 32.5 Å². The van der Waals surface area contributed by atoms with Crippen molar-refractivity contribution in [3.63, 3.8) is 0 Å². The van der Waals surface area contributed by atoms with Gasteiger partial charge in [-0.3, -0.25) is 9.59 Å². The maximum Gasteiger partial charge on any atom is 0.374 e. The second kappa shape index (κ2) is 8.84. The van der Waals surface area contributed by atoms with Crippen molar-refractivity contribution >= 4 is 28.6 Å². The molecule has 32 heavy (non-hydrogen) atoms. The van der Waals surface area contributed by atoms with E-state index in [1.165, 1.54) is 4.90 Å². The molecule has 166 valence electrons. The van der Waals surface area contributed by atoms with Crippen molar-refractivity contribution in [3.05, 3.63) is 64.9 Å². The molecule has 2 heterocycles. The van der Waals surface area contributed by atoms with Gasteiger partial charge in [-0.15, -0.1) is 0 Å². The van der Waals surface area contributed by atoms with Crippen LogP contribution in [-0.2, 0) is 27.5 Å². The minimum atomic E-state index is -0.946. The minimum absolute atomic E-state index is 0.0385. The molecule has 2 N–H and O–H groups in total. The average Bonchev–Trinajstić information content (AvgIpc) is 3.32. The third-order valence-electron chi connectivity index (χ3n) is 5.80. The lowest BCUT2D eigenvalue weighted by Crippen LogP contribution is -2.43. The van der Waals surface area contributed by atoms with Crippen LogP contribution in [0.5, 0.6) is 5.75 Å². The first-order valence-corrected chi connectivity index (χ1v) is 10.3. The largest absolute Gasteiger partial charge is 0.485 e. The van der Waals surface area contributed by atoms with Crippen LogP contribution >= 0.6 is 0 Å². The Hall–Kier alpha value is -3.65. The van der Waals surface area contributed by atoms with E-state index in [0.29, 0.717) is 17.1 Å². The highest BCUT2D eigenvalue weighted by molar-refractivity contribution is 6.33. The maximum atomic E-state index is 13.0. The minimum Gasteiger partial charge on any atom is -0.485 e. The fourth-order valence-electron chi connectivity index (χ4n) is 3.99. The van der Waals surface area contributed by atoms with Gasteiger partial charge in [0.1, 0.15) is 23.7 Å². The Balaban J connectivity index is 1.53. The molecule has 1 amide bonds. The Morgan fingerprint density at radius 3 is 2.69 bits per heavy atom. The molecule has 2 aromatic carbocycles. The number of nitrogens with zero attached hydrogens (tertiary/aromatic N) is 1. The summed E-state index contributed by atoms with van der Waals surface area (Å²) < 4.78 is 16.4. The van der Waals surface area contributed by atoms with Crippen LogP contribution in [0.4, 0.5) is 0 Å². The van der Waals surface area contributed by atoms with Crippen LogP contribution in [0.2, 0.25) is 0 Å². The van der Waals surface area contributed by atoms with Gasteiger partial charge in [0.15, 0.2) is 0 Å². The number of para-hydroxylation sites is 1. The predicted octanol–water partition coefficient (Wildman–Crippen LogP) is 2.74. The number of fused-ring (bicyclic) bond motifs is 2. The molecular weight excluding hydrogens is 412 g/mol. The molecule has 0 fully saturated rings. The van der Waals surface area contributed by atoms with Gasteiger partial charge in [-0.1, -0.05) is 24.3 Å². The lowest BCUT2D eigenvalue weighted by Gasteiger charge is -2.25. The lowest BCUT2D eigenvalue weighted by atomic mass is 10.1. The van der Waals surface area contributed by atoms with Crippen molar-refractivity contribution in [3.8, 4) is 5.75 Å². The second-order valence-corrected chi connectivity index (χ2v) is 7.66. The van der Waals surface area contributed by atoms with E-state index in [0.717, 1.165) is 29.2 Å². The quantitative estimate of drug-likeness (QED) is 0.427. The van der Waals surface area contributed by atoms with Gasteiger partial charge in [0.25, 0.3) is 5.91 Å². The van der Waals surface area contributed by atoms with Crippen LogP contribution < -0.4 is 10.5 Å². The van der Waals surface area contributed by atoms with E-state index in [9.17, 15) is 14.4 Å². The molecule has 0 radical (unpaired) electrons. The molecule has 8 nitrogen and oxygen atoms in total. The van der Waals surface area contributed by atoms with Gasteiger partial charge in [-0.2, -0.15) is 0 Å². The van der Waals surface area contributed by atoms with E-state index in [-0.39, 0.29) is 32.0 Å². The smallest absolute Gasteiger partial charge is 0.374 e. The standard InChI is InChI=1S/C24H24N2O6/c1-14-16-6-3-4-8-21(16)32-22(14)13-31-20-9-5-7-17-18(20)12-26(23(17)28)15(11-25)10-19(27)24(29)30-2/h3-9,15H,10-13,25H2,1-2H3. The first-order chi connectivity index (χ1) is 15.4. The van der Waals surface area contributed by atoms with Crippen molar-refractivity contribution in [2.75, 3.05) is 13.7 Å². The summed E-state index contributed by atoms with van der Waals surface area (Å²) in [5, 5.41) is 1.03. The van der Waals surface area contributed by atoms with E-state index >= 15 is 0 Å². The number of methoxy groups -OCH3 is 1. The molecule has 0 spiro atoms. The molecule has 0 bridgehead atoms. The number of ether oxygens (including phenoxy) is 2. The summed E-state index contributed by atoms with van der Waals surface area (Å²) >= 11 is 0. The van der Waals surface area contributed by atoms with Crippen molar-refractivity contribution in [2.24, 2.45) is 5.73 Å². The normalized spacial score (nSPS) is 13.8. The zero-order valence-electron chi connectivity index (χ0n) is 17.9. The van der Waals surface area contributed by atoms with Crippen LogP contribution in [0, 0.1) is 6.92 Å². The number of amides is 1. The third-order valence-corrected chi connectivity index (χ3v) is 5.80. The van der Waals surface area contributed by atoms with Gasteiger partial charge < -0.3 is 24.5 Å². The van der Waals surface area contributed by atoms with Crippen molar-refractivity contribution < 1.29 is 28.3 Å². The van der Waals surface area contributed by atoms with Crippen LogP contribution in [-0.4, -0.2) is 42.3 Å². The van der Waals surface area contributed by atoms with Gasteiger partial charge >= 0.3 is 5.97 Å². The Bertz CT molecular complexity index is 1200. The second-order valence-electron chi connectivity index (χ2n) is 7.66. The molecule has 8 heteroatoms. The van der Waals surface area contributed by atoms with Crippen LogP contribution in [0.15, 0.2) is 46.9 Å². The van der Waals surface area contributed by atoms with Gasteiger partial charge in [-0.05, 0) is 25.1 Å². The van der Waals surface area contributed by atoms with E-state index in [1.807, 2.05) is 31.2 Å². The Kier molecular flexibility index (Phi) is 5.96. The number of rotatable bonds is 8. The number of carbonyl (C=O) groups excluding carboxylic acids is 3. The summed E-state index contributed by atoms with van der Waals surface area (Å²) in [5.74, 6) is -0.637. The van der Waals surface area contributed by atoms with E-state index in [4.69, 9.17) is 14.9 Å². The molecule has 1 aromatic heterocycles. The monoisotopic (exact) mass is 436 g/mol. The number of nitrogens with two attached hydrogens (primary N) is 1. The van der Waals surface area contributed by atoms with Crippen LogP contribution in [0.25, 0.3) is 11.0 Å². The first-order valence-electron chi connectivity index (χ1n) is 10.3. The molecule has 1 unspecified atom stereocenters. The molecule has 3 aromatic rings. The van der Waals surface area contributed by atoms with Gasteiger partial charge in [0.05, 0.1) is 19.7 Å². The topological polar surface area (TPSA) is 112 Å². The average molecular weight is 436 g/mol. The summed E-state index contributed by atoms with van der Waals surface area (Å²) in [6, 6.07) is 12.4. The summed E-state index contributed by atoms with van der Waals surface area (Å²) in [6.45, 7) is 2.47. The maximum absolute atomic E-state index is 13.0. The van der Waals surface area contributed by atoms with Crippen molar-refractivity contribution in [1.29, 1.82) is 0 Å².